The van der Waals surface area contributed by atoms with Crippen molar-refractivity contribution in [3.05, 3.63) is 40.6 Å². The normalized spacial score (nSPS) is 11.2. The van der Waals surface area contributed by atoms with Crippen molar-refractivity contribution < 1.29 is 13.2 Å². The van der Waals surface area contributed by atoms with E-state index < -0.39 is 24.0 Å². The van der Waals surface area contributed by atoms with Crippen LogP contribution >= 0.6 is 0 Å². The van der Waals surface area contributed by atoms with Crippen molar-refractivity contribution in [3.63, 3.8) is 0 Å². The van der Waals surface area contributed by atoms with E-state index in [1.54, 1.807) is 0 Å². The van der Waals surface area contributed by atoms with Crippen molar-refractivity contribution >= 4 is 12.2 Å². The van der Waals surface area contributed by atoms with Crippen LogP contribution < -0.4 is 5.56 Å². The van der Waals surface area contributed by atoms with Crippen molar-refractivity contribution in [2.45, 2.75) is 12.6 Å². The van der Waals surface area contributed by atoms with Gasteiger partial charge in [0.2, 0.25) is 0 Å². The Labute approximate surface area is 89.3 Å². The van der Waals surface area contributed by atoms with Gasteiger partial charge in [0.05, 0.1) is 11.3 Å². The summed E-state index contributed by atoms with van der Waals surface area (Å²) in [6.45, 7) is 6.75. The summed E-state index contributed by atoms with van der Waals surface area (Å²) in [5, 5.41) is 0. The number of rotatable bonds is 3. The van der Waals surface area contributed by atoms with Crippen LogP contribution in [0, 0.1) is 0 Å². The average molecular weight is 230 g/mol. The molecule has 0 aliphatic carbocycles. The Morgan fingerprint density at radius 3 is 2.38 bits per heavy atom. The number of H-pyrrole nitrogens is 1. The molecule has 0 saturated carbocycles. The minimum Gasteiger partial charge on any atom is -0.310 e. The Hall–Kier alpha value is -1.85. The van der Waals surface area contributed by atoms with Gasteiger partial charge in [-0.25, -0.2) is 4.98 Å². The van der Waals surface area contributed by atoms with Gasteiger partial charge in [0.25, 0.3) is 5.56 Å². The molecule has 1 N–H and O–H groups in total. The standard InChI is InChI=1S/C10H9F3N2O/c1-3-6-7(4-2)14-8(15-9(6)16)5-10(11,12)13/h3-4H,1-2,5H2,(H,14,15,16). The van der Waals surface area contributed by atoms with Crippen LogP contribution in [-0.4, -0.2) is 16.1 Å². The van der Waals surface area contributed by atoms with Gasteiger partial charge >= 0.3 is 6.18 Å². The number of alkyl halides is 3. The molecule has 6 heteroatoms. The molecule has 0 unspecified atom stereocenters. The molecule has 0 aliphatic heterocycles. The summed E-state index contributed by atoms with van der Waals surface area (Å²) in [7, 11) is 0. The van der Waals surface area contributed by atoms with Crippen molar-refractivity contribution in [1.29, 1.82) is 0 Å². The number of nitrogens with zero attached hydrogens (tertiary/aromatic N) is 1. The number of aromatic amines is 1. The highest BCUT2D eigenvalue weighted by molar-refractivity contribution is 5.59. The maximum atomic E-state index is 12.1. The second-order valence-electron chi connectivity index (χ2n) is 3.01. The third kappa shape index (κ3) is 2.82. The lowest BCUT2D eigenvalue weighted by Gasteiger charge is -2.07. The molecule has 0 aromatic carbocycles. The van der Waals surface area contributed by atoms with Crippen molar-refractivity contribution in [2.24, 2.45) is 0 Å². The predicted octanol–water partition coefficient (Wildman–Crippen LogP) is 2.16. The molecule has 0 amide bonds. The monoisotopic (exact) mass is 230 g/mol. The SMILES string of the molecule is C=Cc1nc(CC(F)(F)F)[nH]c(=O)c1C=C. The number of halogens is 3. The maximum Gasteiger partial charge on any atom is 0.396 e. The molecule has 86 valence electrons. The second-order valence-corrected chi connectivity index (χ2v) is 3.01. The summed E-state index contributed by atoms with van der Waals surface area (Å²) in [4.78, 5) is 17.1. The van der Waals surface area contributed by atoms with E-state index in [-0.39, 0.29) is 11.3 Å². The first-order chi connectivity index (χ1) is 7.37. The van der Waals surface area contributed by atoms with Gasteiger partial charge in [-0.3, -0.25) is 4.79 Å². The smallest absolute Gasteiger partial charge is 0.310 e. The molecule has 1 rings (SSSR count). The summed E-state index contributed by atoms with van der Waals surface area (Å²) < 4.78 is 36.2. The maximum absolute atomic E-state index is 12.1. The second kappa shape index (κ2) is 4.34. The van der Waals surface area contributed by atoms with Crippen molar-refractivity contribution in [3.8, 4) is 0 Å². The van der Waals surface area contributed by atoms with Gasteiger partial charge in [-0.1, -0.05) is 19.2 Å². The Bertz CT molecular complexity index is 474. The number of hydrogen-bond acceptors (Lipinski definition) is 2. The lowest BCUT2D eigenvalue weighted by atomic mass is 10.2. The predicted molar refractivity (Wildman–Crippen MR) is 54.8 cm³/mol. The minimum absolute atomic E-state index is 0.0954. The summed E-state index contributed by atoms with van der Waals surface area (Å²) >= 11 is 0. The van der Waals surface area contributed by atoms with Crippen LogP contribution in [0.25, 0.3) is 12.2 Å². The first-order valence-electron chi connectivity index (χ1n) is 4.32. The van der Waals surface area contributed by atoms with Crippen LogP contribution in [0.2, 0.25) is 0 Å². The summed E-state index contributed by atoms with van der Waals surface area (Å²) in [5.41, 5.74) is -0.446. The molecule has 0 bridgehead atoms. The van der Waals surface area contributed by atoms with E-state index in [9.17, 15) is 18.0 Å². The lowest BCUT2D eigenvalue weighted by molar-refractivity contribution is -0.128. The molecule has 0 radical (unpaired) electrons. The van der Waals surface area contributed by atoms with E-state index >= 15 is 0 Å². The quantitative estimate of drug-likeness (QED) is 0.864. The number of nitrogens with one attached hydrogen (secondary N) is 1. The zero-order valence-electron chi connectivity index (χ0n) is 8.27. The zero-order chi connectivity index (χ0) is 12.3. The van der Waals surface area contributed by atoms with Crippen LogP contribution in [0.1, 0.15) is 17.1 Å². The van der Waals surface area contributed by atoms with Gasteiger partial charge in [0, 0.05) is 0 Å². The molecule has 1 aromatic rings. The Balaban J connectivity index is 3.26. The largest absolute Gasteiger partial charge is 0.396 e. The zero-order valence-corrected chi connectivity index (χ0v) is 8.27. The van der Waals surface area contributed by atoms with Crippen LogP contribution in [0.5, 0.6) is 0 Å². The fourth-order valence-corrected chi connectivity index (χ4v) is 1.17. The van der Waals surface area contributed by atoms with Gasteiger partial charge in [-0.05, 0) is 6.08 Å². The third-order valence-corrected chi connectivity index (χ3v) is 1.80. The molecule has 1 aromatic heterocycles. The van der Waals surface area contributed by atoms with Gasteiger partial charge in [-0.2, -0.15) is 13.2 Å². The molecular weight excluding hydrogens is 221 g/mol. The molecular formula is C10H9F3N2O. The minimum atomic E-state index is -4.41. The van der Waals surface area contributed by atoms with Gasteiger partial charge in [0.1, 0.15) is 12.2 Å². The van der Waals surface area contributed by atoms with Crippen LogP contribution in [0.4, 0.5) is 13.2 Å². The first-order valence-corrected chi connectivity index (χ1v) is 4.32. The molecule has 0 atom stereocenters. The molecule has 0 aliphatic rings. The van der Waals surface area contributed by atoms with Crippen LogP contribution in [0.15, 0.2) is 18.0 Å². The third-order valence-electron chi connectivity index (χ3n) is 1.80. The van der Waals surface area contributed by atoms with Crippen LogP contribution in [-0.2, 0) is 6.42 Å². The number of aromatic nitrogens is 2. The molecule has 0 fully saturated rings. The van der Waals surface area contributed by atoms with E-state index in [0.29, 0.717) is 0 Å². The Morgan fingerprint density at radius 2 is 1.94 bits per heavy atom. The van der Waals surface area contributed by atoms with E-state index in [1.807, 2.05) is 0 Å². The Kier molecular flexibility index (Phi) is 3.31. The average Bonchev–Trinajstić information content (AvgIpc) is 2.14. The van der Waals surface area contributed by atoms with E-state index in [1.165, 1.54) is 12.2 Å². The van der Waals surface area contributed by atoms with E-state index in [0.717, 1.165) is 0 Å². The van der Waals surface area contributed by atoms with E-state index in [4.69, 9.17) is 0 Å². The van der Waals surface area contributed by atoms with Gasteiger partial charge in [-0.15, -0.1) is 0 Å². The summed E-state index contributed by atoms with van der Waals surface area (Å²) in [5.74, 6) is -0.432. The molecule has 3 nitrogen and oxygen atoms in total. The van der Waals surface area contributed by atoms with Gasteiger partial charge < -0.3 is 4.98 Å². The van der Waals surface area contributed by atoms with Crippen molar-refractivity contribution in [1.82, 2.24) is 9.97 Å². The molecule has 16 heavy (non-hydrogen) atoms. The molecule has 1 heterocycles. The lowest BCUT2D eigenvalue weighted by Crippen LogP contribution is -2.21. The number of hydrogen-bond donors (Lipinski definition) is 1. The highest BCUT2D eigenvalue weighted by Crippen LogP contribution is 2.19. The van der Waals surface area contributed by atoms with Crippen molar-refractivity contribution in [2.75, 3.05) is 0 Å². The summed E-state index contributed by atoms with van der Waals surface area (Å²) in [6, 6.07) is 0. The summed E-state index contributed by atoms with van der Waals surface area (Å²) in [6.07, 6.45) is -3.25. The van der Waals surface area contributed by atoms with E-state index in [2.05, 4.69) is 23.1 Å². The fraction of sp³-hybridized carbons (Fsp3) is 0.200. The Morgan fingerprint density at radius 1 is 1.31 bits per heavy atom. The highest BCUT2D eigenvalue weighted by Gasteiger charge is 2.29. The topological polar surface area (TPSA) is 45.8 Å². The fourth-order valence-electron chi connectivity index (χ4n) is 1.17. The first kappa shape index (κ1) is 12.2. The molecule has 0 saturated heterocycles. The van der Waals surface area contributed by atoms with Gasteiger partial charge in [0.15, 0.2) is 0 Å². The highest BCUT2D eigenvalue weighted by atomic mass is 19.4. The van der Waals surface area contributed by atoms with Crippen LogP contribution in [0.3, 0.4) is 0 Å². The molecule has 0 spiro atoms.